The zero-order valence-electron chi connectivity index (χ0n) is 11.2. The number of aromatic nitrogens is 1. The Balaban J connectivity index is 2.62. The van der Waals surface area contributed by atoms with Crippen molar-refractivity contribution in [2.24, 2.45) is 0 Å². The van der Waals surface area contributed by atoms with Crippen LogP contribution in [0, 0.1) is 5.82 Å². The van der Waals surface area contributed by atoms with Crippen LogP contribution < -0.4 is 0 Å². The van der Waals surface area contributed by atoms with Gasteiger partial charge in [0.1, 0.15) is 15.7 Å². The van der Waals surface area contributed by atoms with Crippen molar-refractivity contribution < 1.29 is 14.3 Å². The molecule has 0 saturated carbocycles. The minimum absolute atomic E-state index is 0.188. The number of benzene rings is 1. The SMILES string of the molecule is CC(C)(C)c1nc(-c2ccc(F)cc2Cl)sc1C(=O)O. The van der Waals surface area contributed by atoms with Gasteiger partial charge in [-0.2, -0.15) is 0 Å². The number of rotatable bonds is 2. The van der Waals surface area contributed by atoms with Crippen LogP contribution in [-0.4, -0.2) is 16.1 Å². The summed E-state index contributed by atoms with van der Waals surface area (Å²) >= 11 is 7.05. The normalized spacial score (nSPS) is 11.7. The van der Waals surface area contributed by atoms with Crippen LogP contribution in [0.3, 0.4) is 0 Å². The molecule has 0 unspecified atom stereocenters. The van der Waals surface area contributed by atoms with Gasteiger partial charge < -0.3 is 5.11 Å². The van der Waals surface area contributed by atoms with E-state index in [4.69, 9.17) is 11.6 Å². The van der Waals surface area contributed by atoms with Crippen molar-refractivity contribution in [3.8, 4) is 10.6 Å². The fourth-order valence-corrected chi connectivity index (χ4v) is 3.22. The van der Waals surface area contributed by atoms with E-state index in [0.29, 0.717) is 16.3 Å². The topological polar surface area (TPSA) is 50.2 Å². The van der Waals surface area contributed by atoms with E-state index in [-0.39, 0.29) is 9.90 Å². The van der Waals surface area contributed by atoms with Gasteiger partial charge in [0.2, 0.25) is 0 Å². The number of carbonyl (C=O) groups is 1. The number of aromatic carboxylic acids is 1. The first-order chi connectivity index (χ1) is 9.20. The van der Waals surface area contributed by atoms with E-state index < -0.39 is 17.2 Å². The minimum atomic E-state index is -1.02. The summed E-state index contributed by atoms with van der Waals surface area (Å²) in [4.78, 5) is 15.9. The highest BCUT2D eigenvalue weighted by Gasteiger charge is 2.27. The molecule has 0 aliphatic rings. The maximum Gasteiger partial charge on any atom is 0.347 e. The first-order valence-corrected chi connectivity index (χ1v) is 7.09. The highest BCUT2D eigenvalue weighted by atomic mass is 35.5. The van der Waals surface area contributed by atoms with E-state index >= 15 is 0 Å². The molecule has 20 heavy (non-hydrogen) atoms. The molecular formula is C14H13ClFNO2S. The third-order valence-electron chi connectivity index (χ3n) is 2.69. The highest BCUT2D eigenvalue weighted by Crippen LogP contribution is 2.37. The van der Waals surface area contributed by atoms with Gasteiger partial charge in [0.15, 0.2) is 0 Å². The smallest absolute Gasteiger partial charge is 0.347 e. The van der Waals surface area contributed by atoms with Crippen molar-refractivity contribution in [1.82, 2.24) is 4.98 Å². The van der Waals surface area contributed by atoms with E-state index in [2.05, 4.69) is 4.98 Å². The van der Waals surface area contributed by atoms with Crippen molar-refractivity contribution in [3.63, 3.8) is 0 Å². The lowest BCUT2D eigenvalue weighted by atomic mass is 9.91. The molecule has 1 aromatic carbocycles. The van der Waals surface area contributed by atoms with Crippen LogP contribution in [0.4, 0.5) is 4.39 Å². The maximum atomic E-state index is 13.1. The van der Waals surface area contributed by atoms with Crippen LogP contribution in [0.2, 0.25) is 5.02 Å². The Hall–Kier alpha value is -1.46. The van der Waals surface area contributed by atoms with Crippen LogP contribution in [0.15, 0.2) is 18.2 Å². The van der Waals surface area contributed by atoms with Crippen LogP contribution >= 0.6 is 22.9 Å². The van der Waals surface area contributed by atoms with Crippen molar-refractivity contribution >= 4 is 28.9 Å². The second-order valence-corrected chi connectivity index (χ2v) is 6.78. The molecule has 1 N–H and O–H groups in total. The van der Waals surface area contributed by atoms with Crippen molar-refractivity contribution in [2.45, 2.75) is 26.2 Å². The Labute approximate surface area is 125 Å². The summed E-state index contributed by atoms with van der Waals surface area (Å²) in [7, 11) is 0. The fourth-order valence-electron chi connectivity index (χ4n) is 1.75. The quantitative estimate of drug-likeness (QED) is 0.881. The molecular weight excluding hydrogens is 301 g/mol. The number of hydrogen-bond donors (Lipinski definition) is 1. The molecule has 2 aromatic rings. The van der Waals surface area contributed by atoms with Gasteiger partial charge in [0.05, 0.1) is 10.7 Å². The molecule has 0 saturated heterocycles. The Morgan fingerprint density at radius 1 is 1.40 bits per heavy atom. The fraction of sp³-hybridized carbons (Fsp3) is 0.286. The second kappa shape index (κ2) is 5.14. The van der Waals surface area contributed by atoms with E-state index in [9.17, 15) is 14.3 Å². The van der Waals surface area contributed by atoms with Crippen LogP contribution in [0.25, 0.3) is 10.6 Å². The number of carboxylic acid groups (broad SMARTS) is 1. The molecule has 0 fully saturated rings. The molecule has 106 valence electrons. The molecule has 0 aliphatic carbocycles. The molecule has 0 amide bonds. The highest BCUT2D eigenvalue weighted by molar-refractivity contribution is 7.17. The van der Waals surface area contributed by atoms with Crippen LogP contribution in [0.5, 0.6) is 0 Å². The number of hydrogen-bond acceptors (Lipinski definition) is 3. The molecule has 3 nitrogen and oxygen atoms in total. The lowest BCUT2D eigenvalue weighted by Gasteiger charge is -2.16. The lowest BCUT2D eigenvalue weighted by Crippen LogP contribution is -2.16. The van der Waals surface area contributed by atoms with Gasteiger partial charge in [-0.05, 0) is 18.2 Å². The van der Waals surface area contributed by atoms with Gasteiger partial charge in [-0.1, -0.05) is 32.4 Å². The van der Waals surface area contributed by atoms with E-state index in [1.165, 1.54) is 18.2 Å². The molecule has 0 aliphatic heterocycles. The zero-order chi connectivity index (χ0) is 15.1. The molecule has 2 rings (SSSR count). The number of halogens is 2. The molecule has 1 heterocycles. The minimum Gasteiger partial charge on any atom is -0.477 e. The Morgan fingerprint density at radius 2 is 2.05 bits per heavy atom. The molecule has 1 aromatic heterocycles. The Morgan fingerprint density at radius 3 is 2.50 bits per heavy atom. The number of thiazole rings is 1. The van der Waals surface area contributed by atoms with E-state index in [1.807, 2.05) is 20.8 Å². The molecule has 6 heteroatoms. The summed E-state index contributed by atoms with van der Waals surface area (Å²) in [5.41, 5.74) is 0.649. The summed E-state index contributed by atoms with van der Waals surface area (Å²) in [6, 6.07) is 3.98. The number of carboxylic acids is 1. The summed E-state index contributed by atoms with van der Waals surface area (Å²) in [6.45, 7) is 5.68. The predicted molar refractivity (Wildman–Crippen MR) is 78.2 cm³/mol. The van der Waals surface area contributed by atoms with Gasteiger partial charge in [-0.25, -0.2) is 14.2 Å². The molecule has 0 atom stereocenters. The molecule has 0 spiro atoms. The van der Waals surface area contributed by atoms with Crippen LogP contribution in [-0.2, 0) is 5.41 Å². The van der Waals surface area contributed by atoms with Crippen molar-refractivity contribution in [3.05, 3.63) is 39.6 Å². The molecule has 0 radical (unpaired) electrons. The average Bonchev–Trinajstić information content (AvgIpc) is 2.73. The average molecular weight is 314 g/mol. The second-order valence-electron chi connectivity index (χ2n) is 5.38. The maximum absolute atomic E-state index is 13.1. The van der Waals surface area contributed by atoms with Gasteiger partial charge in [-0.3, -0.25) is 0 Å². The van der Waals surface area contributed by atoms with Crippen molar-refractivity contribution in [1.29, 1.82) is 0 Å². The Kier molecular flexibility index (Phi) is 3.84. The van der Waals surface area contributed by atoms with Gasteiger partial charge >= 0.3 is 5.97 Å². The van der Waals surface area contributed by atoms with E-state index in [1.54, 1.807) is 0 Å². The first kappa shape index (κ1) is 14.9. The predicted octanol–water partition coefficient (Wildman–Crippen LogP) is 4.60. The first-order valence-electron chi connectivity index (χ1n) is 5.90. The summed E-state index contributed by atoms with van der Waals surface area (Å²) in [5, 5.41) is 9.98. The lowest BCUT2D eigenvalue weighted by molar-refractivity contribution is 0.0699. The summed E-state index contributed by atoms with van der Waals surface area (Å²) in [5.74, 6) is -1.46. The monoisotopic (exact) mass is 313 g/mol. The standard InChI is InChI=1S/C14H13ClFNO2S/c1-14(2,3)11-10(13(18)19)20-12(17-11)8-5-4-7(16)6-9(8)15/h4-6H,1-3H3,(H,18,19). The van der Waals surface area contributed by atoms with Crippen LogP contribution in [0.1, 0.15) is 36.1 Å². The van der Waals surface area contributed by atoms with E-state index in [0.717, 1.165) is 11.3 Å². The van der Waals surface area contributed by atoms with Gasteiger partial charge in [0.25, 0.3) is 0 Å². The van der Waals surface area contributed by atoms with Gasteiger partial charge in [-0.15, -0.1) is 11.3 Å². The largest absolute Gasteiger partial charge is 0.477 e. The van der Waals surface area contributed by atoms with Gasteiger partial charge in [0, 0.05) is 11.0 Å². The summed E-state index contributed by atoms with van der Waals surface area (Å²) < 4.78 is 13.1. The number of nitrogens with zero attached hydrogens (tertiary/aromatic N) is 1. The Bertz CT molecular complexity index is 676. The van der Waals surface area contributed by atoms with Crippen molar-refractivity contribution in [2.75, 3.05) is 0 Å². The molecule has 0 bridgehead atoms. The summed E-state index contributed by atoms with van der Waals surface area (Å²) in [6.07, 6.45) is 0. The zero-order valence-corrected chi connectivity index (χ0v) is 12.8. The third kappa shape index (κ3) is 2.83. The third-order valence-corrected chi connectivity index (χ3v) is 4.08.